The molecular formula is C10H10F4N2O3. The molecule has 1 rings (SSSR count). The molecule has 1 aromatic heterocycles. The maximum absolute atomic E-state index is 13.7. The number of alkyl halides is 3. The molecule has 106 valence electrons. The van der Waals surface area contributed by atoms with Crippen LogP contribution in [-0.4, -0.2) is 23.9 Å². The van der Waals surface area contributed by atoms with Crippen LogP contribution in [0.1, 0.15) is 23.1 Å². The summed E-state index contributed by atoms with van der Waals surface area (Å²) in [6.07, 6.45) is -5.10. The van der Waals surface area contributed by atoms with E-state index in [9.17, 15) is 22.4 Å². The van der Waals surface area contributed by atoms with Crippen LogP contribution in [0.4, 0.5) is 17.6 Å². The summed E-state index contributed by atoms with van der Waals surface area (Å²) >= 11 is 0. The van der Waals surface area contributed by atoms with Crippen LogP contribution in [0.25, 0.3) is 0 Å². The molecule has 0 aliphatic heterocycles. The Morgan fingerprint density at radius 3 is 2.58 bits per heavy atom. The van der Waals surface area contributed by atoms with Crippen LogP contribution in [0, 0.1) is 5.82 Å². The first-order valence-corrected chi connectivity index (χ1v) is 5.10. The Bertz CT molecular complexity index is 477. The molecule has 19 heavy (non-hydrogen) atoms. The first-order valence-electron chi connectivity index (χ1n) is 5.10. The van der Waals surface area contributed by atoms with E-state index in [1.807, 2.05) is 0 Å². The molecule has 9 heteroatoms. The molecule has 0 atom stereocenters. The van der Waals surface area contributed by atoms with E-state index in [4.69, 9.17) is 5.73 Å². The van der Waals surface area contributed by atoms with Gasteiger partial charge in [0.05, 0.1) is 12.3 Å². The van der Waals surface area contributed by atoms with Crippen LogP contribution in [0.2, 0.25) is 0 Å². The number of carbonyl (C=O) groups is 1. The van der Waals surface area contributed by atoms with Crippen molar-refractivity contribution < 1.29 is 31.8 Å². The molecule has 0 radical (unpaired) electrons. The van der Waals surface area contributed by atoms with Gasteiger partial charge in [-0.1, -0.05) is 0 Å². The number of ether oxygens (including phenoxy) is 2. The molecule has 5 nitrogen and oxygen atoms in total. The number of nitrogens with zero attached hydrogens (tertiary/aromatic N) is 1. The molecule has 0 aliphatic rings. The number of carbonyl (C=O) groups excluding carboxylic acids is 1. The molecule has 0 aromatic carbocycles. The Morgan fingerprint density at radius 2 is 2.11 bits per heavy atom. The lowest BCUT2D eigenvalue weighted by Gasteiger charge is -2.12. The maximum atomic E-state index is 13.7. The fourth-order valence-corrected chi connectivity index (χ4v) is 1.19. The third kappa shape index (κ3) is 4.05. The molecule has 1 heterocycles. The quantitative estimate of drug-likeness (QED) is 0.672. The highest BCUT2D eigenvalue weighted by molar-refractivity contribution is 5.88. The molecule has 0 unspecified atom stereocenters. The summed E-state index contributed by atoms with van der Waals surface area (Å²) < 4.78 is 57.8. The number of nitrogens with two attached hydrogens (primary N) is 1. The van der Waals surface area contributed by atoms with E-state index in [1.165, 1.54) is 6.92 Å². The molecule has 1 aromatic rings. The van der Waals surface area contributed by atoms with Gasteiger partial charge in [0.15, 0.2) is 17.3 Å². The van der Waals surface area contributed by atoms with Gasteiger partial charge in [-0.15, -0.1) is 13.2 Å². The number of hydrogen-bond acceptors (Lipinski definition) is 5. The van der Waals surface area contributed by atoms with Crippen molar-refractivity contribution in [1.29, 1.82) is 0 Å². The largest absolute Gasteiger partial charge is 0.573 e. The van der Waals surface area contributed by atoms with Gasteiger partial charge >= 0.3 is 12.3 Å². The Kier molecular flexibility index (Phi) is 4.65. The summed E-state index contributed by atoms with van der Waals surface area (Å²) in [7, 11) is 0. The highest BCUT2D eigenvalue weighted by Crippen LogP contribution is 2.27. The highest BCUT2D eigenvalue weighted by atomic mass is 19.4. The van der Waals surface area contributed by atoms with Gasteiger partial charge in [0.1, 0.15) is 0 Å². The van der Waals surface area contributed by atoms with Crippen LogP contribution in [0.3, 0.4) is 0 Å². The van der Waals surface area contributed by atoms with Gasteiger partial charge in [0, 0.05) is 12.6 Å². The SMILES string of the molecule is CCOC(=O)c1nc(CN)cc(OC(F)(F)F)c1F. The molecule has 0 fully saturated rings. The summed E-state index contributed by atoms with van der Waals surface area (Å²) in [5.41, 5.74) is 4.17. The third-order valence-electron chi connectivity index (χ3n) is 1.88. The van der Waals surface area contributed by atoms with Gasteiger partial charge in [-0.25, -0.2) is 14.2 Å². The second-order valence-corrected chi connectivity index (χ2v) is 3.25. The minimum atomic E-state index is -5.10. The lowest BCUT2D eigenvalue weighted by Crippen LogP contribution is -2.21. The van der Waals surface area contributed by atoms with Crippen molar-refractivity contribution >= 4 is 5.97 Å². The Morgan fingerprint density at radius 1 is 1.47 bits per heavy atom. The van der Waals surface area contributed by atoms with Gasteiger partial charge in [-0.05, 0) is 6.92 Å². The van der Waals surface area contributed by atoms with Crippen molar-refractivity contribution in [3.63, 3.8) is 0 Å². The number of rotatable bonds is 4. The molecule has 0 amide bonds. The Labute approximate surface area is 105 Å². The number of halogens is 4. The van der Waals surface area contributed by atoms with Gasteiger partial charge < -0.3 is 15.2 Å². The van der Waals surface area contributed by atoms with E-state index in [-0.39, 0.29) is 18.8 Å². The summed E-state index contributed by atoms with van der Waals surface area (Å²) in [5, 5.41) is 0. The van der Waals surface area contributed by atoms with Crippen molar-refractivity contribution in [2.45, 2.75) is 19.8 Å². The van der Waals surface area contributed by atoms with Gasteiger partial charge in [-0.2, -0.15) is 0 Å². The molecule has 2 N–H and O–H groups in total. The molecule has 0 saturated carbocycles. The zero-order valence-corrected chi connectivity index (χ0v) is 9.75. The fourth-order valence-electron chi connectivity index (χ4n) is 1.19. The molecule has 0 aliphatic carbocycles. The number of esters is 1. The number of aromatic nitrogens is 1. The average Bonchev–Trinajstić information content (AvgIpc) is 2.30. The minimum Gasteiger partial charge on any atom is -0.461 e. The van der Waals surface area contributed by atoms with E-state index in [0.717, 1.165) is 0 Å². The Balaban J connectivity index is 3.24. The van der Waals surface area contributed by atoms with Gasteiger partial charge in [0.2, 0.25) is 0 Å². The van der Waals surface area contributed by atoms with E-state index < -0.39 is 29.6 Å². The van der Waals surface area contributed by atoms with Crippen molar-refractivity contribution in [2.75, 3.05) is 6.61 Å². The van der Waals surface area contributed by atoms with E-state index in [2.05, 4.69) is 14.5 Å². The molecule has 0 saturated heterocycles. The van der Waals surface area contributed by atoms with Crippen molar-refractivity contribution in [1.82, 2.24) is 4.98 Å². The topological polar surface area (TPSA) is 74.4 Å². The van der Waals surface area contributed by atoms with Crippen molar-refractivity contribution in [3.8, 4) is 5.75 Å². The van der Waals surface area contributed by atoms with Crippen LogP contribution in [0.15, 0.2) is 6.07 Å². The fraction of sp³-hybridized carbons (Fsp3) is 0.400. The average molecular weight is 282 g/mol. The van der Waals surface area contributed by atoms with Crippen LogP contribution in [0.5, 0.6) is 5.75 Å². The number of hydrogen-bond donors (Lipinski definition) is 1. The summed E-state index contributed by atoms with van der Waals surface area (Å²) in [6.45, 7) is 1.08. The smallest absolute Gasteiger partial charge is 0.461 e. The molecule has 0 bridgehead atoms. The molecular weight excluding hydrogens is 272 g/mol. The van der Waals surface area contributed by atoms with Crippen LogP contribution in [-0.2, 0) is 11.3 Å². The zero-order chi connectivity index (χ0) is 14.6. The minimum absolute atomic E-state index is 0.0811. The Hall–Kier alpha value is -1.90. The van der Waals surface area contributed by atoms with Gasteiger partial charge in [0.25, 0.3) is 0 Å². The summed E-state index contributed by atoms with van der Waals surface area (Å²) in [5.74, 6) is -3.92. The number of pyridine rings is 1. The van der Waals surface area contributed by atoms with E-state index in [0.29, 0.717) is 6.07 Å². The van der Waals surface area contributed by atoms with Crippen LogP contribution < -0.4 is 10.5 Å². The second kappa shape index (κ2) is 5.83. The summed E-state index contributed by atoms with van der Waals surface area (Å²) in [4.78, 5) is 14.8. The lowest BCUT2D eigenvalue weighted by atomic mass is 10.2. The van der Waals surface area contributed by atoms with Crippen molar-refractivity contribution in [2.24, 2.45) is 5.73 Å². The first kappa shape index (κ1) is 15.2. The van der Waals surface area contributed by atoms with E-state index in [1.54, 1.807) is 0 Å². The van der Waals surface area contributed by atoms with Gasteiger partial charge in [-0.3, -0.25) is 0 Å². The summed E-state index contributed by atoms with van der Waals surface area (Å²) in [6, 6.07) is 0.672. The zero-order valence-electron chi connectivity index (χ0n) is 9.75. The van der Waals surface area contributed by atoms with Crippen molar-refractivity contribution in [3.05, 3.63) is 23.3 Å². The van der Waals surface area contributed by atoms with Crippen LogP contribution >= 0.6 is 0 Å². The third-order valence-corrected chi connectivity index (χ3v) is 1.88. The normalized spacial score (nSPS) is 11.3. The predicted octanol–water partition coefficient (Wildman–Crippen LogP) is 1.75. The monoisotopic (exact) mass is 282 g/mol. The lowest BCUT2D eigenvalue weighted by molar-refractivity contribution is -0.275. The maximum Gasteiger partial charge on any atom is 0.573 e. The second-order valence-electron chi connectivity index (χ2n) is 3.25. The predicted molar refractivity (Wildman–Crippen MR) is 54.7 cm³/mol. The standard InChI is InChI=1S/C10H10F4N2O3/c1-2-18-9(17)8-7(11)6(19-10(12,13)14)3-5(4-15)16-8/h3H,2,4,15H2,1H3. The molecule has 0 spiro atoms. The van der Waals surface area contributed by atoms with E-state index >= 15 is 0 Å². The highest BCUT2D eigenvalue weighted by Gasteiger charge is 2.34. The first-order chi connectivity index (χ1) is 8.78.